The van der Waals surface area contributed by atoms with E-state index in [1.807, 2.05) is 6.07 Å². The summed E-state index contributed by atoms with van der Waals surface area (Å²) in [5.41, 5.74) is 1.13. The van der Waals surface area contributed by atoms with Gasteiger partial charge in [-0.05, 0) is 31.0 Å². The number of amides is 1. The first kappa shape index (κ1) is 15.6. The van der Waals surface area contributed by atoms with E-state index in [-0.39, 0.29) is 5.91 Å². The Kier molecular flexibility index (Phi) is 4.62. The summed E-state index contributed by atoms with van der Waals surface area (Å²) in [5, 5.41) is 3.60. The number of carbonyl (C=O) groups excluding carboxylic acids is 1. The lowest BCUT2D eigenvalue weighted by molar-refractivity contribution is 0.0786. The molecule has 0 spiro atoms. The fraction of sp³-hybridized carbons (Fsp3) is 0.312. The number of methoxy groups -OCH3 is 1. The fourth-order valence-corrected chi connectivity index (χ4v) is 2.73. The number of rotatable bonds is 4. The molecule has 2 heterocycles. The van der Waals surface area contributed by atoms with Crippen LogP contribution in [0.5, 0.6) is 5.75 Å². The van der Waals surface area contributed by atoms with Crippen molar-refractivity contribution in [1.29, 1.82) is 0 Å². The highest BCUT2D eigenvalue weighted by atomic mass is 35.5. The van der Waals surface area contributed by atoms with Crippen molar-refractivity contribution in [3.63, 3.8) is 0 Å². The van der Waals surface area contributed by atoms with Gasteiger partial charge < -0.3 is 15.0 Å². The molecule has 1 aromatic heterocycles. The van der Waals surface area contributed by atoms with Gasteiger partial charge in [-0.15, -0.1) is 0 Å². The zero-order valence-electron chi connectivity index (χ0n) is 12.8. The molecule has 0 bridgehead atoms. The van der Waals surface area contributed by atoms with Crippen LogP contribution in [0.3, 0.4) is 0 Å². The molecular weight excluding hydrogens is 316 g/mol. The van der Waals surface area contributed by atoms with E-state index in [4.69, 9.17) is 16.3 Å². The molecule has 0 radical (unpaired) electrons. The Morgan fingerprint density at radius 2 is 2.04 bits per heavy atom. The molecule has 1 aliphatic rings. The maximum absolute atomic E-state index is 12.2. The number of halogens is 1. The van der Waals surface area contributed by atoms with Gasteiger partial charge >= 0.3 is 0 Å². The Hall–Kier alpha value is -2.34. The number of benzene rings is 1. The molecule has 0 unspecified atom stereocenters. The molecule has 6 nitrogen and oxygen atoms in total. The number of hydrogen-bond acceptors (Lipinski definition) is 5. The Morgan fingerprint density at radius 1 is 1.26 bits per heavy atom. The van der Waals surface area contributed by atoms with Crippen LogP contribution in [0.4, 0.5) is 11.5 Å². The van der Waals surface area contributed by atoms with Crippen LogP contribution >= 0.6 is 11.6 Å². The lowest BCUT2D eigenvalue weighted by Gasteiger charge is -2.14. The van der Waals surface area contributed by atoms with Crippen molar-refractivity contribution in [1.82, 2.24) is 14.9 Å². The summed E-state index contributed by atoms with van der Waals surface area (Å²) in [6, 6.07) is 5.34. The minimum atomic E-state index is -0.0611. The predicted molar refractivity (Wildman–Crippen MR) is 88.5 cm³/mol. The van der Waals surface area contributed by atoms with Crippen molar-refractivity contribution >= 4 is 29.0 Å². The smallest absolute Gasteiger partial charge is 0.274 e. The number of anilines is 2. The number of ether oxygens (including phenoxy) is 1. The highest BCUT2D eigenvalue weighted by molar-refractivity contribution is 6.32. The van der Waals surface area contributed by atoms with Crippen molar-refractivity contribution in [2.45, 2.75) is 12.8 Å². The van der Waals surface area contributed by atoms with Gasteiger partial charge in [-0.3, -0.25) is 4.79 Å². The number of likely N-dealkylation sites (tertiary alicyclic amines) is 1. The van der Waals surface area contributed by atoms with Gasteiger partial charge in [0.1, 0.15) is 17.3 Å². The summed E-state index contributed by atoms with van der Waals surface area (Å²) in [5.74, 6) is 1.09. The zero-order chi connectivity index (χ0) is 16.2. The van der Waals surface area contributed by atoms with E-state index < -0.39 is 0 Å². The van der Waals surface area contributed by atoms with Crippen LogP contribution in [0.1, 0.15) is 23.3 Å². The predicted octanol–water partition coefficient (Wildman–Crippen LogP) is 3.12. The van der Waals surface area contributed by atoms with E-state index in [1.54, 1.807) is 30.3 Å². The number of aromatic nitrogens is 2. The molecule has 0 atom stereocenters. The number of hydrogen-bond donors (Lipinski definition) is 1. The Balaban J connectivity index is 1.69. The van der Waals surface area contributed by atoms with Crippen LogP contribution in [-0.2, 0) is 0 Å². The van der Waals surface area contributed by atoms with E-state index in [0.717, 1.165) is 31.6 Å². The minimum Gasteiger partial charge on any atom is -0.495 e. The second kappa shape index (κ2) is 6.83. The first-order chi connectivity index (χ1) is 11.2. The highest BCUT2D eigenvalue weighted by Gasteiger charge is 2.20. The molecule has 0 saturated carbocycles. The van der Waals surface area contributed by atoms with Crippen molar-refractivity contribution in [3.05, 3.63) is 41.3 Å². The van der Waals surface area contributed by atoms with Crippen molar-refractivity contribution < 1.29 is 9.53 Å². The second-order valence-electron chi connectivity index (χ2n) is 5.26. The Labute approximate surface area is 139 Å². The van der Waals surface area contributed by atoms with Crippen LogP contribution in [-0.4, -0.2) is 41.0 Å². The third-order valence-corrected chi connectivity index (χ3v) is 3.98. The first-order valence-electron chi connectivity index (χ1n) is 7.39. The average Bonchev–Trinajstić information content (AvgIpc) is 3.09. The third kappa shape index (κ3) is 3.53. The standard InChI is InChI=1S/C16H17ClN4O2/c1-23-14-5-4-11(8-12(14)17)20-15-10-18-13(9-19-15)16(22)21-6-2-3-7-21/h4-5,8-10H,2-3,6-7H2,1H3,(H,19,20). The van der Waals surface area contributed by atoms with Crippen molar-refractivity contribution in [2.75, 3.05) is 25.5 Å². The normalized spacial score (nSPS) is 13.9. The molecule has 1 aliphatic heterocycles. The van der Waals surface area contributed by atoms with Crippen LogP contribution in [0.25, 0.3) is 0 Å². The number of nitrogens with zero attached hydrogens (tertiary/aromatic N) is 3. The molecule has 7 heteroatoms. The van der Waals surface area contributed by atoms with Gasteiger partial charge in [0.25, 0.3) is 5.91 Å². The molecule has 1 amide bonds. The summed E-state index contributed by atoms with van der Waals surface area (Å²) >= 11 is 6.08. The summed E-state index contributed by atoms with van der Waals surface area (Å²) in [4.78, 5) is 22.5. The van der Waals surface area contributed by atoms with Gasteiger partial charge in [0.15, 0.2) is 0 Å². The summed E-state index contributed by atoms with van der Waals surface area (Å²) in [7, 11) is 1.57. The zero-order valence-corrected chi connectivity index (χ0v) is 13.5. The van der Waals surface area contributed by atoms with Gasteiger partial charge in [0.2, 0.25) is 0 Å². The van der Waals surface area contributed by atoms with E-state index in [0.29, 0.717) is 22.3 Å². The van der Waals surface area contributed by atoms with Gasteiger partial charge in [-0.2, -0.15) is 0 Å². The van der Waals surface area contributed by atoms with Crippen LogP contribution < -0.4 is 10.1 Å². The van der Waals surface area contributed by atoms with Crippen LogP contribution in [0.2, 0.25) is 5.02 Å². The molecular formula is C16H17ClN4O2. The molecule has 1 N–H and O–H groups in total. The topological polar surface area (TPSA) is 67.3 Å². The second-order valence-corrected chi connectivity index (χ2v) is 5.67. The fourth-order valence-electron chi connectivity index (χ4n) is 2.48. The maximum Gasteiger partial charge on any atom is 0.274 e. The molecule has 2 aromatic rings. The summed E-state index contributed by atoms with van der Waals surface area (Å²) in [6.45, 7) is 1.59. The number of nitrogens with one attached hydrogen (secondary N) is 1. The van der Waals surface area contributed by atoms with Gasteiger partial charge in [0.05, 0.1) is 24.5 Å². The Morgan fingerprint density at radius 3 is 2.65 bits per heavy atom. The molecule has 1 aromatic carbocycles. The molecule has 1 saturated heterocycles. The molecule has 23 heavy (non-hydrogen) atoms. The monoisotopic (exact) mass is 332 g/mol. The van der Waals surface area contributed by atoms with Gasteiger partial charge in [0, 0.05) is 18.8 Å². The van der Waals surface area contributed by atoms with E-state index >= 15 is 0 Å². The van der Waals surface area contributed by atoms with E-state index in [1.165, 1.54) is 6.20 Å². The summed E-state index contributed by atoms with van der Waals surface area (Å²) < 4.78 is 5.11. The van der Waals surface area contributed by atoms with Crippen LogP contribution in [0.15, 0.2) is 30.6 Å². The average molecular weight is 333 g/mol. The quantitative estimate of drug-likeness (QED) is 0.931. The number of carbonyl (C=O) groups is 1. The molecule has 3 rings (SSSR count). The van der Waals surface area contributed by atoms with Crippen molar-refractivity contribution in [3.8, 4) is 5.75 Å². The van der Waals surface area contributed by atoms with Crippen LogP contribution in [0, 0.1) is 0 Å². The molecule has 0 aliphatic carbocycles. The highest BCUT2D eigenvalue weighted by Crippen LogP contribution is 2.28. The first-order valence-corrected chi connectivity index (χ1v) is 7.77. The summed E-state index contributed by atoms with van der Waals surface area (Å²) in [6.07, 6.45) is 5.14. The van der Waals surface area contributed by atoms with Gasteiger partial charge in [-0.25, -0.2) is 9.97 Å². The molecule has 120 valence electrons. The van der Waals surface area contributed by atoms with Gasteiger partial charge in [-0.1, -0.05) is 11.6 Å². The maximum atomic E-state index is 12.2. The van der Waals surface area contributed by atoms with E-state index in [2.05, 4.69) is 15.3 Å². The van der Waals surface area contributed by atoms with Crippen molar-refractivity contribution in [2.24, 2.45) is 0 Å². The third-order valence-electron chi connectivity index (χ3n) is 3.69. The lowest BCUT2D eigenvalue weighted by Crippen LogP contribution is -2.28. The lowest BCUT2D eigenvalue weighted by atomic mass is 10.3. The van der Waals surface area contributed by atoms with E-state index in [9.17, 15) is 4.79 Å². The SMILES string of the molecule is COc1ccc(Nc2cnc(C(=O)N3CCCC3)cn2)cc1Cl. The Bertz CT molecular complexity index is 700. The minimum absolute atomic E-state index is 0.0611. The molecule has 1 fully saturated rings. The largest absolute Gasteiger partial charge is 0.495 e.